The second-order valence-corrected chi connectivity index (χ2v) is 4.91. The van der Waals surface area contributed by atoms with Crippen LogP contribution in [0.4, 0.5) is 5.82 Å². The molecule has 0 amide bonds. The van der Waals surface area contributed by atoms with Crippen LogP contribution in [0, 0.1) is 0 Å². The van der Waals surface area contributed by atoms with Crippen LogP contribution in [0.2, 0.25) is 0 Å². The fourth-order valence-electron chi connectivity index (χ4n) is 1.72. The summed E-state index contributed by atoms with van der Waals surface area (Å²) in [4.78, 5) is 6.96. The second-order valence-electron chi connectivity index (χ2n) is 4.35. The lowest BCUT2D eigenvalue weighted by Crippen LogP contribution is -2.26. The van der Waals surface area contributed by atoms with Gasteiger partial charge in [-0.2, -0.15) is 0 Å². The van der Waals surface area contributed by atoms with Crippen LogP contribution in [0.25, 0.3) is 0 Å². The van der Waals surface area contributed by atoms with E-state index in [-0.39, 0.29) is 0 Å². The topological polar surface area (TPSA) is 16.1 Å². The molecule has 2 nitrogen and oxygen atoms in total. The van der Waals surface area contributed by atoms with Gasteiger partial charge in [-0.25, -0.2) is 4.98 Å². The van der Waals surface area contributed by atoms with Gasteiger partial charge < -0.3 is 4.90 Å². The van der Waals surface area contributed by atoms with E-state index in [2.05, 4.69) is 51.8 Å². The Balaban J connectivity index is 2.65. The molecule has 17 heavy (non-hydrogen) atoms. The molecule has 0 unspecified atom stereocenters. The molecule has 0 saturated heterocycles. The van der Waals surface area contributed by atoms with E-state index < -0.39 is 0 Å². The fraction of sp³-hybridized carbons (Fsp3) is 0.643. The Morgan fingerprint density at radius 1 is 1.12 bits per heavy atom. The first kappa shape index (κ1) is 14.5. The number of pyridine rings is 1. The van der Waals surface area contributed by atoms with Crippen LogP contribution in [-0.2, 0) is 5.33 Å². The molecule has 0 aliphatic carbocycles. The minimum absolute atomic E-state index is 0.879. The van der Waals surface area contributed by atoms with Crippen molar-refractivity contribution in [3.8, 4) is 0 Å². The molecule has 0 saturated carbocycles. The quantitative estimate of drug-likeness (QED) is 0.662. The Labute approximate surface area is 114 Å². The number of hydrogen-bond donors (Lipinski definition) is 0. The lowest BCUT2D eigenvalue weighted by Gasteiger charge is -2.23. The van der Waals surface area contributed by atoms with Gasteiger partial charge in [-0.1, -0.05) is 48.7 Å². The van der Waals surface area contributed by atoms with Crippen molar-refractivity contribution >= 4 is 21.7 Å². The van der Waals surface area contributed by atoms with E-state index >= 15 is 0 Å². The van der Waals surface area contributed by atoms with E-state index in [9.17, 15) is 0 Å². The Morgan fingerprint density at radius 3 is 2.18 bits per heavy atom. The first-order chi connectivity index (χ1) is 8.31. The van der Waals surface area contributed by atoms with Gasteiger partial charge in [-0.3, -0.25) is 0 Å². The highest BCUT2D eigenvalue weighted by molar-refractivity contribution is 9.08. The molecule has 0 N–H and O–H groups in total. The van der Waals surface area contributed by atoms with Gasteiger partial charge in [0, 0.05) is 24.6 Å². The maximum absolute atomic E-state index is 4.55. The summed E-state index contributed by atoms with van der Waals surface area (Å²) in [6.07, 6.45) is 6.93. The number of nitrogens with zero attached hydrogens (tertiary/aromatic N) is 2. The third-order valence-electron chi connectivity index (χ3n) is 2.85. The maximum Gasteiger partial charge on any atom is 0.128 e. The number of alkyl halides is 1. The molecule has 0 aromatic carbocycles. The smallest absolute Gasteiger partial charge is 0.128 e. The van der Waals surface area contributed by atoms with Gasteiger partial charge in [0.25, 0.3) is 0 Å². The summed E-state index contributed by atoms with van der Waals surface area (Å²) in [6.45, 7) is 6.72. The Bertz CT molecular complexity index is 290. The first-order valence-corrected chi connectivity index (χ1v) is 7.69. The van der Waals surface area contributed by atoms with E-state index in [0.717, 1.165) is 24.2 Å². The summed E-state index contributed by atoms with van der Waals surface area (Å²) in [5, 5.41) is 0.879. The van der Waals surface area contributed by atoms with Crippen LogP contribution < -0.4 is 4.90 Å². The second kappa shape index (κ2) is 8.51. The number of hydrogen-bond acceptors (Lipinski definition) is 2. The average molecular weight is 299 g/mol. The van der Waals surface area contributed by atoms with Crippen LogP contribution in [0.15, 0.2) is 18.3 Å². The molecule has 1 rings (SSSR count). The summed E-state index contributed by atoms with van der Waals surface area (Å²) in [6, 6.07) is 4.30. The molecule has 1 aromatic rings. The number of anilines is 1. The van der Waals surface area contributed by atoms with Gasteiger partial charge in [-0.15, -0.1) is 0 Å². The highest BCUT2D eigenvalue weighted by Crippen LogP contribution is 2.14. The largest absolute Gasteiger partial charge is 0.357 e. The highest BCUT2D eigenvalue weighted by Gasteiger charge is 2.06. The van der Waals surface area contributed by atoms with Crippen molar-refractivity contribution in [1.82, 2.24) is 4.98 Å². The number of halogens is 1. The van der Waals surface area contributed by atoms with Crippen LogP contribution >= 0.6 is 15.9 Å². The van der Waals surface area contributed by atoms with Crippen molar-refractivity contribution in [3.63, 3.8) is 0 Å². The summed E-state index contributed by atoms with van der Waals surface area (Å²) in [5.41, 5.74) is 1.24. The Morgan fingerprint density at radius 2 is 1.76 bits per heavy atom. The van der Waals surface area contributed by atoms with Gasteiger partial charge >= 0.3 is 0 Å². The van der Waals surface area contributed by atoms with Crippen molar-refractivity contribution in [2.24, 2.45) is 0 Å². The molecule has 0 atom stereocenters. The predicted octanol–water partition coefficient (Wildman–Crippen LogP) is 4.38. The first-order valence-electron chi connectivity index (χ1n) is 6.57. The van der Waals surface area contributed by atoms with Gasteiger partial charge in [-0.05, 0) is 24.5 Å². The summed E-state index contributed by atoms with van der Waals surface area (Å²) in [5.74, 6) is 1.12. The van der Waals surface area contributed by atoms with E-state index in [1.54, 1.807) is 0 Å². The van der Waals surface area contributed by atoms with Crippen molar-refractivity contribution in [1.29, 1.82) is 0 Å². The van der Waals surface area contributed by atoms with Crippen LogP contribution in [0.3, 0.4) is 0 Å². The average Bonchev–Trinajstić information content (AvgIpc) is 2.39. The molecule has 3 heteroatoms. The minimum atomic E-state index is 0.879. The zero-order valence-corrected chi connectivity index (χ0v) is 12.5. The molecule has 0 bridgehead atoms. The number of rotatable bonds is 8. The zero-order valence-electron chi connectivity index (χ0n) is 11.0. The Hall–Kier alpha value is -0.570. The van der Waals surface area contributed by atoms with E-state index in [4.69, 9.17) is 0 Å². The minimum Gasteiger partial charge on any atom is -0.357 e. The molecule has 96 valence electrons. The van der Waals surface area contributed by atoms with Gasteiger partial charge in [0.1, 0.15) is 5.82 Å². The molecule has 1 aromatic heterocycles. The third-order valence-corrected chi connectivity index (χ3v) is 3.50. The molecular formula is C14H23BrN2. The predicted molar refractivity (Wildman–Crippen MR) is 78.9 cm³/mol. The zero-order chi connectivity index (χ0) is 12.5. The summed E-state index contributed by atoms with van der Waals surface area (Å²) >= 11 is 3.45. The van der Waals surface area contributed by atoms with Crippen molar-refractivity contribution in [2.45, 2.75) is 44.9 Å². The third kappa shape index (κ3) is 5.07. The van der Waals surface area contributed by atoms with Crippen LogP contribution in [-0.4, -0.2) is 18.1 Å². The fourth-order valence-corrected chi connectivity index (χ4v) is 2.05. The monoisotopic (exact) mass is 298 g/mol. The van der Waals surface area contributed by atoms with E-state index in [0.29, 0.717) is 0 Å². The van der Waals surface area contributed by atoms with Gasteiger partial charge in [0.05, 0.1) is 0 Å². The van der Waals surface area contributed by atoms with E-state index in [1.807, 2.05) is 6.20 Å². The summed E-state index contributed by atoms with van der Waals surface area (Å²) < 4.78 is 0. The lowest BCUT2D eigenvalue weighted by atomic mass is 10.2. The SMILES string of the molecule is CCCCN(CCCC)c1ccc(CBr)cn1. The molecule has 0 aliphatic heterocycles. The molecule has 1 heterocycles. The Kier molecular flexibility index (Phi) is 7.25. The van der Waals surface area contributed by atoms with Gasteiger partial charge in [0.15, 0.2) is 0 Å². The highest BCUT2D eigenvalue weighted by atomic mass is 79.9. The molecule has 0 fully saturated rings. The number of aromatic nitrogens is 1. The van der Waals surface area contributed by atoms with Crippen LogP contribution in [0.1, 0.15) is 45.1 Å². The van der Waals surface area contributed by atoms with Crippen LogP contribution in [0.5, 0.6) is 0 Å². The molecule has 0 spiro atoms. The molecule has 0 radical (unpaired) electrons. The molecule has 0 aliphatic rings. The normalized spacial score (nSPS) is 10.5. The van der Waals surface area contributed by atoms with Crippen molar-refractivity contribution < 1.29 is 0 Å². The molecular weight excluding hydrogens is 276 g/mol. The van der Waals surface area contributed by atoms with Crippen molar-refractivity contribution in [3.05, 3.63) is 23.9 Å². The standard InChI is InChI=1S/C14H23BrN2/c1-3-5-9-17(10-6-4-2)14-8-7-13(11-15)12-16-14/h7-8,12H,3-6,9-11H2,1-2H3. The summed E-state index contributed by atoms with van der Waals surface area (Å²) in [7, 11) is 0. The lowest BCUT2D eigenvalue weighted by molar-refractivity contribution is 0.671. The maximum atomic E-state index is 4.55. The van der Waals surface area contributed by atoms with Gasteiger partial charge in [0.2, 0.25) is 0 Å². The van der Waals surface area contributed by atoms with Crippen molar-refractivity contribution in [2.75, 3.05) is 18.0 Å². The number of unbranched alkanes of at least 4 members (excludes halogenated alkanes) is 2. The van der Waals surface area contributed by atoms with E-state index in [1.165, 1.54) is 31.2 Å².